The minimum atomic E-state index is -0.600. The molecule has 0 saturated carbocycles. The third kappa shape index (κ3) is 2.83. The second kappa shape index (κ2) is 6.66. The highest BCUT2D eigenvalue weighted by Crippen LogP contribution is 2.22. The maximum Gasteiger partial charge on any atom is 0.286 e. The number of thiazole rings is 1. The summed E-state index contributed by atoms with van der Waals surface area (Å²) >= 11 is 4.86. The van der Waals surface area contributed by atoms with E-state index in [-0.39, 0.29) is 11.0 Å². The van der Waals surface area contributed by atoms with Gasteiger partial charge in [-0.05, 0) is 37.3 Å². The van der Waals surface area contributed by atoms with Crippen LogP contribution in [0.2, 0.25) is 0 Å². The van der Waals surface area contributed by atoms with Gasteiger partial charge in [0, 0.05) is 11.0 Å². The molecule has 0 spiro atoms. The first kappa shape index (κ1) is 16.9. The number of carbonyl (C=O) groups is 1. The van der Waals surface area contributed by atoms with Crippen molar-refractivity contribution in [1.82, 2.24) is 4.57 Å². The minimum Gasteiger partial charge on any atom is -0.463 e. The van der Waals surface area contributed by atoms with E-state index in [0.717, 1.165) is 14.7 Å². The van der Waals surface area contributed by atoms with Gasteiger partial charge in [-0.1, -0.05) is 39.4 Å². The van der Waals surface area contributed by atoms with E-state index in [4.69, 9.17) is 4.42 Å². The topological polar surface area (TPSA) is 64.6 Å². The summed E-state index contributed by atoms with van der Waals surface area (Å²) in [5.74, 6) is -0.600. The standard InChI is InChI=1S/C19H13BrN2O3S/c1-2-22-14-8-7-11(20)9-16(14)26-19(22)21-18(24)13-10-25-15-6-4-3-5-12(15)17(13)23/h3-10H,2H2,1H3. The van der Waals surface area contributed by atoms with Crippen molar-refractivity contribution in [3.05, 3.63) is 73.8 Å². The summed E-state index contributed by atoms with van der Waals surface area (Å²) in [7, 11) is 0. The molecule has 0 atom stereocenters. The molecular formula is C19H13BrN2O3S. The highest BCUT2D eigenvalue weighted by Gasteiger charge is 2.15. The van der Waals surface area contributed by atoms with E-state index in [9.17, 15) is 9.59 Å². The van der Waals surface area contributed by atoms with Crippen molar-refractivity contribution in [1.29, 1.82) is 0 Å². The minimum absolute atomic E-state index is 0.0648. The van der Waals surface area contributed by atoms with E-state index in [1.807, 2.05) is 29.7 Å². The fraction of sp³-hybridized carbons (Fsp3) is 0.105. The van der Waals surface area contributed by atoms with Gasteiger partial charge in [-0.25, -0.2) is 0 Å². The smallest absolute Gasteiger partial charge is 0.286 e. The summed E-state index contributed by atoms with van der Waals surface area (Å²) in [6, 6.07) is 12.8. The van der Waals surface area contributed by atoms with Crippen LogP contribution < -0.4 is 10.2 Å². The van der Waals surface area contributed by atoms with E-state index < -0.39 is 5.91 Å². The summed E-state index contributed by atoms with van der Waals surface area (Å²) in [6.45, 7) is 2.65. The van der Waals surface area contributed by atoms with Crippen molar-refractivity contribution in [2.45, 2.75) is 13.5 Å². The number of aryl methyl sites for hydroxylation is 1. The highest BCUT2D eigenvalue weighted by atomic mass is 79.9. The quantitative estimate of drug-likeness (QED) is 0.477. The third-order valence-electron chi connectivity index (χ3n) is 4.07. The molecule has 0 aliphatic rings. The van der Waals surface area contributed by atoms with Crippen molar-refractivity contribution in [2.75, 3.05) is 0 Å². The molecule has 5 nitrogen and oxygen atoms in total. The molecule has 0 saturated heterocycles. The number of nitrogens with zero attached hydrogens (tertiary/aromatic N) is 2. The third-order valence-corrected chi connectivity index (χ3v) is 5.60. The lowest BCUT2D eigenvalue weighted by Crippen LogP contribution is -2.19. The maximum absolute atomic E-state index is 12.6. The molecule has 0 radical (unpaired) electrons. The summed E-state index contributed by atoms with van der Waals surface area (Å²) in [6.07, 6.45) is 1.19. The molecule has 4 aromatic rings. The Balaban J connectivity index is 1.89. The molecule has 2 aromatic heterocycles. The summed E-state index contributed by atoms with van der Waals surface area (Å²) in [4.78, 5) is 30.0. The van der Waals surface area contributed by atoms with Gasteiger partial charge in [0.2, 0.25) is 5.43 Å². The van der Waals surface area contributed by atoms with Crippen LogP contribution in [-0.2, 0) is 6.54 Å². The van der Waals surface area contributed by atoms with E-state index in [1.165, 1.54) is 17.6 Å². The predicted octanol–water partition coefficient (Wildman–Crippen LogP) is 4.33. The number of hydrogen-bond donors (Lipinski definition) is 0. The molecule has 7 heteroatoms. The molecule has 0 fully saturated rings. The maximum atomic E-state index is 12.6. The molecule has 2 aromatic carbocycles. The Labute approximate surface area is 160 Å². The summed E-state index contributed by atoms with van der Waals surface area (Å²) < 4.78 is 9.35. The van der Waals surface area contributed by atoms with Gasteiger partial charge in [0.15, 0.2) is 4.80 Å². The second-order valence-corrected chi connectivity index (χ2v) is 7.56. The zero-order valence-electron chi connectivity index (χ0n) is 13.7. The number of hydrogen-bond acceptors (Lipinski definition) is 4. The van der Waals surface area contributed by atoms with Crippen LogP contribution in [0.3, 0.4) is 0 Å². The zero-order chi connectivity index (χ0) is 18.3. The summed E-state index contributed by atoms with van der Waals surface area (Å²) in [5, 5.41) is 0.372. The van der Waals surface area contributed by atoms with Crippen LogP contribution in [0.15, 0.2) is 67.4 Å². The average Bonchev–Trinajstić information content (AvgIpc) is 2.98. The molecule has 0 unspecified atom stereocenters. The SMILES string of the molecule is CCn1c(=NC(=O)c2coc3ccccc3c2=O)sc2cc(Br)ccc21. The van der Waals surface area contributed by atoms with E-state index in [0.29, 0.717) is 22.3 Å². The molecule has 26 heavy (non-hydrogen) atoms. The zero-order valence-corrected chi connectivity index (χ0v) is 16.1. The van der Waals surface area contributed by atoms with Crippen molar-refractivity contribution in [3.8, 4) is 0 Å². The van der Waals surface area contributed by atoms with Gasteiger partial charge in [0.1, 0.15) is 17.4 Å². The Kier molecular flexibility index (Phi) is 4.34. The van der Waals surface area contributed by atoms with Crippen LogP contribution in [0.1, 0.15) is 17.3 Å². The van der Waals surface area contributed by atoms with Crippen molar-refractivity contribution < 1.29 is 9.21 Å². The van der Waals surface area contributed by atoms with Crippen molar-refractivity contribution >= 4 is 54.4 Å². The molecule has 4 rings (SSSR count). The number of benzene rings is 2. The fourth-order valence-corrected chi connectivity index (χ4v) is 4.45. The first-order valence-corrected chi connectivity index (χ1v) is 9.58. The van der Waals surface area contributed by atoms with Crippen LogP contribution >= 0.6 is 27.3 Å². The number of carbonyl (C=O) groups excluding carboxylic acids is 1. The molecule has 130 valence electrons. The number of rotatable bonds is 2. The average molecular weight is 429 g/mol. The summed E-state index contributed by atoms with van der Waals surface area (Å²) in [5.41, 5.74) is 1.01. The number of para-hydroxylation sites is 1. The number of fused-ring (bicyclic) bond motifs is 2. The highest BCUT2D eigenvalue weighted by molar-refractivity contribution is 9.10. The van der Waals surface area contributed by atoms with E-state index in [2.05, 4.69) is 20.9 Å². The Morgan fingerprint density at radius 1 is 1.27 bits per heavy atom. The van der Waals surface area contributed by atoms with E-state index >= 15 is 0 Å². The van der Waals surface area contributed by atoms with Gasteiger partial charge >= 0.3 is 0 Å². The lowest BCUT2D eigenvalue weighted by Gasteiger charge is -2.01. The molecule has 0 bridgehead atoms. The number of amides is 1. The molecule has 0 aliphatic carbocycles. The van der Waals surface area contributed by atoms with Gasteiger partial charge in [0.25, 0.3) is 5.91 Å². The van der Waals surface area contributed by atoms with Crippen LogP contribution in [-0.4, -0.2) is 10.5 Å². The van der Waals surface area contributed by atoms with Gasteiger partial charge in [-0.2, -0.15) is 4.99 Å². The molecule has 1 amide bonds. The van der Waals surface area contributed by atoms with Gasteiger partial charge in [-0.15, -0.1) is 0 Å². The van der Waals surface area contributed by atoms with Gasteiger partial charge in [-0.3, -0.25) is 9.59 Å². The Bertz CT molecular complexity index is 1280. The monoisotopic (exact) mass is 428 g/mol. The first-order chi connectivity index (χ1) is 12.6. The van der Waals surface area contributed by atoms with Crippen LogP contribution in [0, 0.1) is 0 Å². The Morgan fingerprint density at radius 3 is 2.88 bits per heavy atom. The van der Waals surface area contributed by atoms with Crippen LogP contribution in [0.4, 0.5) is 0 Å². The number of halogens is 1. The first-order valence-electron chi connectivity index (χ1n) is 7.97. The Hall–Kier alpha value is -2.51. The molecule has 0 aliphatic heterocycles. The van der Waals surface area contributed by atoms with Crippen LogP contribution in [0.25, 0.3) is 21.2 Å². The molecule has 2 heterocycles. The Morgan fingerprint density at radius 2 is 2.08 bits per heavy atom. The number of aromatic nitrogens is 1. The van der Waals surface area contributed by atoms with Gasteiger partial charge in [0.05, 0.1) is 15.6 Å². The predicted molar refractivity (Wildman–Crippen MR) is 106 cm³/mol. The van der Waals surface area contributed by atoms with Crippen LogP contribution in [0.5, 0.6) is 0 Å². The second-order valence-electron chi connectivity index (χ2n) is 5.63. The molecule has 0 N–H and O–H groups in total. The normalized spacial score (nSPS) is 12.2. The lowest BCUT2D eigenvalue weighted by atomic mass is 10.2. The van der Waals surface area contributed by atoms with Gasteiger partial charge < -0.3 is 8.98 Å². The largest absolute Gasteiger partial charge is 0.463 e. The molecular weight excluding hydrogens is 416 g/mol. The van der Waals surface area contributed by atoms with Crippen molar-refractivity contribution in [2.24, 2.45) is 4.99 Å². The van der Waals surface area contributed by atoms with E-state index in [1.54, 1.807) is 24.3 Å². The fourth-order valence-electron chi connectivity index (χ4n) is 2.81. The lowest BCUT2D eigenvalue weighted by molar-refractivity contribution is 0.0995. The van der Waals surface area contributed by atoms with Crippen molar-refractivity contribution in [3.63, 3.8) is 0 Å².